The molecule has 91 heavy (non-hydrogen) atoms. The van der Waals surface area contributed by atoms with Gasteiger partial charge in [0.05, 0.1) is 29.6 Å². The van der Waals surface area contributed by atoms with Gasteiger partial charge >= 0.3 is 30.0 Å². The van der Waals surface area contributed by atoms with E-state index in [0.717, 1.165) is 43.4 Å². The van der Waals surface area contributed by atoms with Crippen LogP contribution in [-0.2, 0) is 52.3 Å². The van der Waals surface area contributed by atoms with E-state index in [-0.39, 0.29) is 40.7 Å². The number of allylic oxidation sites excluding steroid dienone is 1. The molecule has 3 aromatic carbocycles. The molecular weight excluding hydrogens is 1160 g/mol. The molecule has 6 fully saturated rings. The van der Waals surface area contributed by atoms with Gasteiger partial charge in [-0.15, -0.1) is 0 Å². The molecular formula is C74H93NO16. The normalized spacial score (nSPS) is 35.4. The quantitative estimate of drug-likeness (QED) is 0.0647. The summed E-state index contributed by atoms with van der Waals surface area (Å²) in [5.41, 5.74) is -6.16. The van der Waals surface area contributed by atoms with Crippen LogP contribution in [0.15, 0.2) is 114 Å². The molecule has 8 aliphatic rings. The summed E-state index contributed by atoms with van der Waals surface area (Å²) in [4.78, 5) is 103. The Morgan fingerprint density at radius 3 is 2.05 bits per heavy atom. The molecule has 11 rings (SSSR count). The zero-order chi connectivity index (χ0) is 65.1. The van der Waals surface area contributed by atoms with E-state index in [4.69, 9.17) is 33.2 Å². The van der Waals surface area contributed by atoms with Gasteiger partial charge in [0.1, 0.15) is 36.1 Å². The number of nitrogens with one attached hydrogen (secondary N) is 1. The van der Waals surface area contributed by atoms with Crippen molar-refractivity contribution in [2.75, 3.05) is 6.61 Å². The molecule has 1 saturated heterocycles. The van der Waals surface area contributed by atoms with E-state index >= 15 is 9.59 Å². The number of carbonyl (C=O) groups is 7. The molecule has 5 saturated carbocycles. The van der Waals surface area contributed by atoms with E-state index in [1.807, 2.05) is 0 Å². The maximum absolute atomic E-state index is 16.0. The van der Waals surface area contributed by atoms with Crippen molar-refractivity contribution in [1.82, 2.24) is 5.32 Å². The molecule has 17 nitrogen and oxygen atoms in total. The van der Waals surface area contributed by atoms with Crippen LogP contribution >= 0.6 is 0 Å². The topological polar surface area (TPSA) is 237 Å². The molecule has 0 spiro atoms. The minimum Gasteiger partial charge on any atom is -0.455 e. The van der Waals surface area contributed by atoms with Crippen LogP contribution in [-0.4, -0.2) is 112 Å². The molecule has 5 unspecified atom stereocenters. The molecule has 3 aromatic rings. The number of fused-ring (bicyclic) bond motifs is 10. The van der Waals surface area contributed by atoms with Crippen LogP contribution < -0.4 is 5.32 Å². The van der Waals surface area contributed by atoms with Crippen molar-refractivity contribution in [3.63, 3.8) is 0 Å². The second-order valence-electron chi connectivity index (χ2n) is 29.3. The Labute approximate surface area is 535 Å². The Balaban J connectivity index is 0.938. The number of carbonyl (C=O) groups excluding carboxylic acids is 7. The first-order chi connectivity index (χ1) is 43.2. The first-order valence-electron chi connectivity index (χ1n) is 33.3. The first-order valence-corrected chi connectivity index (χ1v) is 33.3. The van der Waals surface area contributed by atoms with Crippen molar-refractivity contribution in [2.24, 2.45) is 63.6 Å². The van der Waals surface area contributed by atoms with Crippen LogP contribution in [0.5, 0.6) is 0 Å². The number of aliphatic hydroxyl groups excluding tert-OH is 1. The van der Waals surface area contributed by atoms with Crippen molar-refractivity contribution < 1.29 is 76.9 Å². The average Bonchev–Trinajstić information content (AvgIpc) is 1.02. The number of ether oxygens (including phenoxy) is 7. The molecule has 7 aliphatic carbocycles. The lowest BCUT2D eigenvalue weighted by molar-refractivity contribution is -0.346. The zero-order valence-corrected chi connectivity index (χ0v) is 54.5. The summed E-state index contributed by atoms with van der Waals surface area (Å²) in [6, 6.07) is 23.3. The predicted octanol–water partition coefficient (Wildman–Crippen LogP) is 11.9. The lowest BCUT2D eigenvalue weighted by Crippen LogP contribution is -2.82. The maximum atomic E-state index is 16.0. The van der Waals surface area contributed by atoms with Gasteiger partial charge in [0.2, 0.25) is 6.10 Å². The number of ketones is 1. The molecule has 0 radical (unpaired) electrons. The van der Waals surface area contributed by atoms with Gasteiger partial charge in [-0.3, -0.25) is 19.2 Å². The van der Waals surface area contributed by atoms with Gasteiger partial charge in [-0.25, -0.2) is 14.4 Å². The number of rotatable bonds is 17. The first kappa shape index (κ1) is 65.8. The highest BCUT2D eigenvalue weighted by molar-refractivity contribution is 5.96. The number of esters is 4. The van der Waals surface area contributed by atoms with E-state index < -0.39 is 125 Å². The van der Waals surface area contributed by atoms with Gasteiger partial charge in [-0.05, 0) is 147 Å². The molecule has 3 N–H and O–H groups in total. The zero-order valence-electron chi connectivity index (χ0n) is 54.5. The summed E-state index contributed by atoms with van der Waals surface area (Å²) < 4.78 is 44.0. The fraction of sp³-hybridized carbons (Fsp3) is 0.608. The summed E-state index contributed by atoms with van der Waals surface area (Å²) in [6.07, 6.45) is 1.54. The third kappa shape index (κ3) is 11.9. The highest BCUT2D eigenvalue weighted by Gasteiger charge is 2.78. The third-order valence-electron chi connectivity index (χ3n) is 23.5. The standard InChI is InChI=1S/C74H93NO16/c1-41(2)21-20-22-42(3)51-31-32-53-52(51)33-34-55-54(53)30-29-49-37-50(35-36-71(49,55)9)87-69(83)89-62(60(46-23-14-11-15-24-46)75-66(80)47-25-16-12-17-26-47)68(82)88-56-39-74(84)65(90-67(81)48-27-18-13-19-28-48)63-72(10,57(78)38-58-73(63,40-85-58)91-45(6)77)64(79)61(86-44(5)76)59(43(56)4)70(74,7)8/h11-19,23-29,41-42,50-58,60-63,65,78,84H,20-22,30-40H2,1-10H3,(H,75,80)/t42?,50-,51+,52?,53+,54-,55?,56-,57-,58+,60-,61+,62+,63?,65?,71-,72+,73-,74+/m0/s1. The molecule has 1 heterocycles. The lowest BCUT2D eigenvalue weighted by Gasteiger charge is -2.67. The highest BCUT2D eigenvalue weighted by atomic mass is 16.7. The van der Waals surface area contributed by atoms with Gasteiger partial charge in [0.15, 0.2) is 17.5 Å². The second kappa shape index (κ2) is 25.7. The minimum absolute atomic E-state index is 0.0236. The fourth-order valence-corrected chi connectivity index (χ4v) is 18.7. The van der Waals surface area contributed by atoms with Crippen molar-refractivity contribution in [1.29, 1.82) is 0 Å². The number of Topliss-reactive ketones (excluding diaryl/α,β-unsaturated/α-hetero) is 1. The molecule has 1 amide bonds. The van der Waals surface area contributed by atoms with Crippen molar-refractivity contribution in [2.45, 2.75) is 213 Å². The van der Waals surface area contributed by atoms with E-state index in [9.17, 15) is 34.2 Å². The minimum atomic E-state index is -2.48. The number of hydrogen-bond donors (Lipinski definition) is 3. The summed E-state index contributed by atoms with van der Waals surface area (Å²) in [6.45, 7) is 17.6. The van der Waals surface area contributed by atoms with Gasteiger partial charge in [-0.2, -0.15) is 0 Å². The van der Waals surface area contributed by atoms with Crippen LogP contribution in [0, 0.1) is 63.6 Å². The summed E-state index contributed by atoms with van der Waals surface area (Å²) in [7, 11) is 0. The molecule has 0 aromatic heterocycles. The van der Waals surface area contributed by atoms with Crippen LogP contribution in [0.4, 0.5) is 4.79 Å². The number of aliphatic hydroxyl groups is 2. The van der Waals surface area contributed by atoms with Gasteiger partial charge in [0, 0.05) is 44.1 Å². The maximum Gasteiger partial charge on any atom is 0.509 e. The Morgan fingerprint density at radius 1 is 0.758 bits per heavy atom. The number of hydrogen-bond acceptors (Lipinski definition) is 16. The average molecular weight is 1250 g/mol. The fourth-order valence-electron chi connectivity index (χ4n) is 18.7. The van der Waals surface area contributed by atoms with Crippen molar-refractivity contribution in [3.05, 3.63) is 130 Å². The van der Waals surface area contributed by atoms with Crippen LogP contribution in [0.1, 0.15) is 185 Å². The Hall–Kier alpha value is -6.69. The van der Waals surface area contributed by atoms with Gasteiger partial charge < -0.3 is 48.7 Å². The Kier molecular flexibility index (Phi) is 18.6. The molecule has 2 bridgehead atoms. The summed E-state index contributed by atoms with van der Waals surface area (Å²) >= 11 is 0. The highest BCUT2D eigenvalue weighted by Crippen LogP contribution is 2.66. The SMILES string of the molecule is CC(=O)O[C@H]1C(=O)[C@@]2(C)C(C(OC(=O)c3ccccc3)[C@]3(O)C[C@H](OC(=O)[C@H](OC(=O)O[C@H]4CC[C@@]5(C)C(=CC[C@@H]6C5CCC5[C@@H](C(C)CCCC(C)C)CC[C@H]56)C4)[C@@H](NC(=O)c4ccccc4)c4ccccc4)C(C)=C1C3(C)C)[C@]1(OC(C)=O)CO[C@@H]1C[C@@H]2O. The van der Waals surface area contributed by atoms with Crippen molar-refractivity contribution in [3.8, 4) is 0 Å². The third-order valence-corrected chi connectivity index (χ3v) is 23.5. The molecule has 17 heteroatoms. The van der Waals surface area contributed by atoms with Gasteiger partial charge in [-0.1, -0.05) is 139 Å². The van der Waals surface area contributed by atoms with Crippen LogP contribution in [0.3, 0.4) is 0 Å². The lowest BCUT2D eigenvalue weighted by atomic mass is 9.44. The van der Waals surface area contributed by atoms with Gasteiger partial charge in [0.25, 0.3) is 5.91 Å². The number of benzene rings is 3. The van der Waals surface area contributed by atoms with E-state index in [1.165, 1.54) is 76.5 Å². The Bertz CT molecular complexity index is 3310. The smallest absolute Gasteiger partial charge is 0.455 e. The summed E-state index contributed by atoms with van der Waals surface area (Å²) in [5.74, 6) is -2.09. The Morgan fingerprint density at radius 2 is 1.42 bits per heavy atom. The van der Waals surface area contributed by atoms with E-state index in [1.54, 1.807) is 99.6 Å². The van der Waals surface area contributed by atoms with Crippen molar-refractivity contribution >= 4 is 41.7 Å². The predicted molar refractivity (Wildman–Crippen MR) is 335 cm³/mol. The van der Waals surface area contributed by atoms with E-state index in [2.05, 4.69) is 39.1 Å². The second-order valence-corrected chi connectivity index (χ2v) is 29.3. The largest absolute Gasteiger partial charge is 0.509 e. The van der Waals surface area contributed by atoms with E-state index in [0.29, 0.717) is 36.2 Å². The van der Waals surface area contributed by atoms with Crippen LogP contribution in [0.25, 0.3) is 0 Å². The monoisotopic (exact) mass is 1250 g/mol. The van der Waals surface area contributed by atoms with Crippen LogP contribution in [0.2, 0.25) is 0 Å². The molecule has 1 aliphatic heterocycles. The molecule has 490 valence electrons. The molecule has 19 atom stereocenters. The summed E-state index contributed by atoms with van der Waals surface area (Å²) in [5, 5.41) is 29.6. The number of amides is 1.